The highest BCUT2D eigenvalue weighted by atomic mass is 16.5. The molecule has 1 atom stereocenters. The third-order valence-corrected chi connectivity index (χ3v) is 5.71. The maximum absolute atomic E-state index is 11.7. The minimum absolute atomic E-state index is 0.137. The lowest BCUT2D eigenvalue weighted by atomic mass is 9.93. The Morgan fingerprint density at radius 2 is 1.75 bits per heavy atom. The highest BCUT2D eigenvalue weighted by molar-refractivity contribution is 6.12. The Kier molecular flexibility index (Phi) is 7.58. The maximum Gasteiger partial charge on any atom is 0.314 e. The van der Waals surface area contributed by atoms with Crippen LogP contribution < -0.4 is 25.0 Å². The standard InChI is InChI=1S/C24H32N4O4/c1-15(27-24(29)26-2)10-17-11-21(31-4)22(32-5)12-20(17)23(25)16-6-8-18(9-7-16)28-13-19(14-28)30-3/h6-9,11-12,15,19,25H,10,13-14H2,1-5H3,(H2,26,27,29). The van der Waals surface area contributed by atoms with Crippen LogP contribution in [0.3, 0.4) is 0 Å². The van der Waals surface area contributed by atoms with Crippen LogP contribution in [0.15, 0.2) is 36.4 Å². The lowest BCUT2D eigenvalue weighted by Gasteiger charge is -2.40. The molecule has 0 saturated carbocycles. The van der Waals surface area contributed by atoms with E-state index in [2.05, 4.69) is 15.5 Å². The third-order valence-electron chi connectivity index (χ3n) is 5.71. The Hall–Kier alpha value is -3.26. The normalized spacial score (nSPS) is 14.3. The molecular formula is C24H32N4O4. The third kappa shape index (κ3) is 5.13. The van der Waals surface area contributed by atoms with Crippen molar-refractivity contribution in [1.82, 2.24) is 10.6 Å². The summed E-state index contributed by atoms with van der Waals surface area (Å²) in [6, 6.07) is 11.3. The number of hydrogen-bond donors (Lipinski definition) is 3. The molecule has 1 aliphatic heterocycles. The van der Waals surface area contributed by atoms with Gasteiger partial charge in [-0.15, -0.1) is 0 Å². The van der Waals surface area contributed by atoms with E-state index in [1.54, 1.807) is 28.4 Å². The molecule has 1 saturated heterocycles. The predicted octanol–water partition coefficient (Wildman–Crippen LogP) is 2.81. The van der Waals surface area contributed by atoms with Crippen molar-refractivity contribution in [3.63, 3.8) is 0 Å². The van der Waals surface area contributed by atoms with E-state index in [4.69, 9.17) is 19.6 Å². The highest BCUT2D eigenvalue weighted by Crippen LogP contribution is 2.33. The van der Waals surface area contributed by atoms with Gasteiger partial charge in [0.1, 0.15) is 0 Å². The summed E-state index contributed by atoms with van der Waals surface area (Å²) in [5.41, 5.74) is 3.94. The fourth-order valence-electron chi connectivity index (χ4n) is 3.79. The van der Waals surface area contributed by atoms with Crippen molar-refractivity contribution in [2.75, 3.05) is 46.4 Å². The molecule has 0 spiro atoms. The summed E-state index contributed by atoms with van der Waals surface area (Å²) in [6.07, 6.45) is 0.822. The molecule has 0 aliphatic carbocycles. The van der Waals surface area contributed by atoms with Crippen molar-refractivity contribution in [1.29, 1.82) is 5.41 Å². The molecule has 1 heterocycles. The number of amides is 2. The number of nitrogens with one attached hydrogen (secondary N) is 3. The van der Waals surface area contributed by atoms with Crippen LogP contribution in [0, 0.1) is 5.41 Å². The van der Waals surface area contributed by atoms with Gasteiger partial charge in [0.05, 0.1) is 26.0 Å². The number of benzene rings is 2. The molecule has 1 unspecified atom stereocenters. The average molecular weight is 441 g/mol. The lowest BCUT2D eigenvalue weighted by Crippen LogP contribution is -2.51. The van der Waals surface area contributed by atoms with E-state index in [1.165, 1.54) is 0 Å². The zero-order valence-electron chi connectivity index (χ0n) is 19.3. The number of ether oxygens (including phenoxy) is 3. The van der Waals surface area contributed by atoms with Crippen LogP contribution in [0.4, 0.5) is 10.5 Å². The second kappa shape index (κ2) is 10.4. The average Bonchev–Trinajstić information content (AvgIpc) is 2.77. The second-order valence-corrected chi connectivity index (χ2v) is 7.88. The number of carbonyl (C=O) groups is 1. The summed E-state index contributed by atoms with van der Waals surface area (Å²) in [4.78, 5) is 14.0. The van der Waals surface area contributed by atoms with Gasteiger partial charge < -0.3 is 29.7 Å². The molecule has 0 aromatic heterocycles. The van der Waals surface area contributed by atoms with Gasteiger partial charge in [0.25, 0.3) is 0 Å². The number of carbonyl (C=O) groups excluding carboxylic acids is 1. The number of methoxy groups -OCH3 is 3. The molecule has 1 fully saturated rings. The lowest BCUT2D eigenvalue weighted by molar-refractivity contribution is 0.0788. The van der Waals surface area contributed by atoms with Crippen LogP contribution in [-0.4, -0.2) is 65.4 Å². The summed E-state index contributed by atoms with van der Waals surface area (Å²) in [7, 11) is 6.48. The Labute approximate surface area is 189 Å². The van der Waals surface area contributed by atoms with Gasteiger partial charge in [-0.3, -0.25) is 5.41 Å². The molecule has 2 aromatic carbocycles. The second-order valence-electron chi connectivity index (χ2n) is 7.88. The molecule has 1 aliphatic rings. The van der Waals surface area contributed by atoms with Gasteiger partial charge in [-0.05, 0) is 43.2 Å². The molecule has 32 heavy (non-hydrogen) atoms. The molecule has 3 rings (SSSR count). The van der Waals surface area contributed by atoms with Gasteiger partial charge in [-0.2, -0.15) is 0 Å². The van der Waals surface area contributed by atoms with Crippen LogP contribution in [0.2, 0.25) is 0 Å². The first-order valence-corrected chi connectivity index (χ1v) is 10.6. The predicted molar refractivity (Wildman–Crippen MR) is 126 cm³/mol. The molecular weight excluding hydrogens is 408 g/mol. The van der Waals surface area contributed by atoms with Crippen molar-refractivity contribution >= 4 is 17.4 Å². The van der Waals surface area contributed by atoms with Gasteiger partial charge in [-0.25, -0.2) is 4.79 Å². The van der Waals surface area contributed by atoms with Crippen LogP contribution in [0.25, 0.3) is 0 Å². The minimum atomic E-state index is -0.244. The fourth-order valence-corrected chi connectivity index (χ4v) is 3.79. The monoisotopic (exact) mass is 440 g/mol. The van der Waals surface area contributed by atoms with Crippen LogP contribution in [0.5, 0.6) is 11.5 Å². The number of rotatable bonds is 9. The zero-order valence-corrected chi connectivity index (χ0v) is 19.3. The van der Waals surface area contributed by atoms with E-state index in [0.29, 0.717) is 23.6 Å². The minimum Gasteiger partial charge on any atom is -0.493 e. The van der Waals surface area contributed by atoms with Crippen LogP contribution >= 0.6 is 0 Å². The van der Waals surface area contributed by atoms with Crippen molar-refractivity contribution in [2.45, 2.75) is 25.5 Å². The molecule has 2 amide bonds. The summed E-state index contributed by atoms with van der Waals surface area (Å²) in [5, 5.41) is 14.4. The van der Waals surface area contributed by atoms with Crippen LogP contribution in [-0.2, 0) is 11.2 Å². The smallest absolute Gasteiger partial charge is 0.314 e. The first kappa shape index (κ1) is 23.4. The molecule has 3 N–H and O–H groups in total. The van der Waals surface area contributed by atoms with Crippen molar-refractivity contribution in [3.05, 3.63) is 53.1 Å². The van der Waals surface area contributed by atoms with Gasteiger partial charge in [0.2, 0.25) is 0 Å². The van der Waals surface area contributed by atoms with E-state index in [1.807, 2.05) is 43.3 Å². The number of nitrogens with zero attached hydrogens (tertiary/aromatic N) is 1. The fraction of sp³-hybridized carbons (Fsp3) is 0.417. The molecule has 0 radical (unpaired) electrons. The van der Waals surface area contributed by atoms with Crippen molar-refractivity contribution < 1.29 is 19.0 Å². The van der Waals surface area contributed by atoms with Crippen molar-refractivity contribution in [3.8, 4) is 11.5 Å². The van der Waals surface area contributed by atoms with Crippen molar-refractivity contribution in [2.24, 2.45) is 0 Å². The first-order valence-electron chi connectivity index (χ1n) is 10.6. The molecule has 2 aromatic rings. The molecule has 0 bridgehead atoms. The van der Waals surface area contributed by atoms with Gasteiger partial charge in [-0.1, -0.05) is 12.1 Å². The Bertz CT molecular complexity index is 955. The Morgan fingerprint density at radius 3 is 2.31 bits per heavy atom. The van der Waals surface area contributed by atoms with E-state index < -0.39 is 0 Å². The number of hydrogen-bond acceptors (Lipinski definition) is 6. The molecule has 172 valence electrons. The summed E-state index contributed by atoms with van der Waals surface area (Å²) >= 11 is 0. The van der Waals surface area contributed by atoms with E-state index >= 15 is 0 Å². The molecule has 8 nitrogen and oxygen atoms in total. The Balaban J connectivity index is 1.87. The summed E-state index contributed by atoms with van der Waals surface area (Å²) < 4.78 is 16.3. The zero-order chi connectivity index (χ0) is 23.3. The SMILES string of the molecule is CNC(=O)NC(C)Cc1cc(OC)c(OC)cc1C(=N)c1ccc(N2CC(OC)C2)cc1. The quantitative estimate of drug-likeness (QED) is 0.521. The molecule has 8 heteroatoms. The van der Waals surface area contributed by atoms with Crippen LogP contribution in [0.1, 0.15) is 23.6 Å². The van der Waals surface area contributed by atoms with Gasteiger partial charge in [0.15, 0.2) is 11.5 Å². The Morgan fingerprint density at radius 1 is 1.12 bits per heavy atom. The number of anilines is 1. The van der Waals surface area contributed by atoms with Gasteiger partial charge in [0, 0.05) is 50.1 Å². The maximum atomic E-state index is 11.7. The summed E-state index contributed by atoms with van der Waals surface area (Å²) in [5.74, 6) is 1.15. The van der Waals surface area contributed by atoms with E-state index in [0.717, 1.165) is 35.5 Å². The van der Waals surface area contributed by atoms with Gasteiger partial charge >= 0.3 is 6.03 Å². The summed E-state index contributed by atoms with van der Waals surface area (Å²) in [6.45, 7) is 3.68. The first-order chi connectivity index (χ1) is 15.4. The van der Waals surface area contributed by atoms with E-state index in [9.17, 15) is 4.79 Å². The topological polar surface area (TPSA) is 95.9 Å². The highest BCUT2D eigenvalue weighted by Gasteiger charge is 2.26. The number of urea groups is 1. The van der Waals surface area contributed by atoms with E-state index in [-0.39, 0.29) is 18.2 Å². The largest absolute Gasteiger partial charge is 0.493 e.